The predicted octanol–water partition coefficient (Wildman–Crippen LogP) is 2.37. The summed E-state index contributed by atoms with van der Waals surface area (Å²) in [5.41, 5.74) is 0.534. The lowest BCUT2D eigenvalue weighted by Gasteiger charge is -2.46. The number of rotatable bonds is 1. The van der Waals surface area contributed by atoms with E-state index in [1.54, 1.807) is 0 Å². The van der Waals surface area contributed by atoms with Gasteiger partial charge in [0.15, 0.2) is 0 Å². The minimum atomic E-state index is 0.534. The molecule has 0 bridgehead atoms. The summed E-state index contributed by atoms with van der Waals surface area (Å²) in [6.45, 7) is 7.05. The maximum atomic E-state index is 2.35. The van der Waals surface area contributed by atoms with Gasteiger partial charge in [0.2, 0.25) is 0 Å². The molecule has 1 heteroatoms. The first-order valence-electron chi connectivity index (χ1n) is 4.57. The molecule has 66 valence electrons. The molecular weight excluding hydrogens is 134 g/mol. The van der Waals surface area contributed by atoms with Crippen LogP contribution in [0.2, 0.25) is 0 Å². The summed E-state index contributed by atoms with van der Waals surface area (Å²) in [6.07, 6.45) is 2.80. The van der Waals surface area contributed by atoms with Crippen LogP contribution in [-0.2, 0) is 0 Å². The van der Waals surface area contributed by atoms with Gasteiger partial charge >= 0.3 is 0 Å². The fourth-order valence-electron chi connectivity index (χ4n) is 1.72. The first kappa shape index (κ1) is 9.05. The molecule has 0 aromatic heterocycles. The van der Waals surface area contributed by atoms with Gasteiger partial charge in [-0.15, -0.1) is 0 Å². The lowest BCUT2D eigenvalue weighted by molar-refractivity contribution is 0.0468. The van der Waals surface area contributed by atoms with E-state index in [9.17, 15) is 0 Å². The van der Waals surface area contributed by atoms with Crippen molar-refractivity contribution in [2.75, 3.05) is 14.1 Å². The van der Waals surface area contributed by atoms with Gasteiger partial charge < -0.3 is 4.90 Å². The third kappa shape index (κ3) is 1.96. The van der Waals surface area contributed by atoms with Crippen molar-refractivity contribution in [2.24, 2.45) is 11.3 Å². The van der Waals surface area contributed by atoms with Gasteiger partial charge in [-0.05, 0) is 38.3 Å². The SMILES string of the molecule is CN(C)C1CC(C(C)(C)C)C1. The van der Waals surface area contributed by atoms with Crippen LogP contribution in [0.15, 0.2) is 0 Å². The molecule has 0 aliphatic heterocycles. The molecule has 0 radical (unpaired) electrons. The Morgan fingerprint density at radius 1 is 1.09 bits per heavy atom. The summed E-state index contributed by atoms with van der Waals surface area (Å²) in [7, 11) is 4.37. The van der Waals surface area contributed by atoms with E-state index in [0.29, 0.717) is 5.41 Å². The first-order valence-corrected chi connectivity index (χ1v) is 4.57. The highest BCUT2D eigenvalue weighted by Gasteiger charge is 2.37. The summed E-state index contributed by atoms with van der Waals surface area (Å²) < 4.78 is 0. The Labute approximate surface area is 70.8 Å². The zero-order chi connectivity index (χ0) is 8.65. The van der Waals surface area contributed by atoms with Gasteiger partial charge in [-0.2, -0.15) is 0 Å². The van der Waals surface area contributed by atoms with Crippen molar-refractivity contribution >= 4 is 0 Å². The summed E-state index contributed by atoms with van der Waals surface area (Å²) in [6, 6.07) is 0.860. The molecule has 1 aliphatic rings. The second-order valence-electron chi connectivity index (χ2n) is 5.15. The minimum Gasteiger partial charge on any atom is -0.306 e. The molecule has 1 aliphatic carbocycles. The average Bonchev–Trinajstić information content (AvgIpc) is 1.51. The highest BCUT2D eigenvalue weighted by molar-refractivity contribution is 4.90. The predicted molar refractivity (Wildman–Crippen MR) is 49.7 cm³/mol. The van der Waals surface area contributed by atoms with Crippen LogP contribution in [0.3, 0.4) is 0 Å². The quantitative estimate of drug-likeness (QED) is 0.562. The van der Waals surface area contributed by atoms with Crippen molar-refractivity contribution in [1.82, 2.24) is 4.90 Å². The van der Waals surface area contributed by atoms with Crippen LogP contribution in [0.4, 0.5) is 0 Å². The Kier molecular flexibility index (Phi) is 2.29. The lowest BCUT2D eigenvalue weighted by Crippen LogP contribution is -2.45. The van der Waals surface area contributed by atoms with E-state index in [1.807, 2.05) is 0 Å². The van der Waals surface area contributed by atoms with Crippen molar-refractivity contribution in [2.45, 2.75) is 39.7 Å². The molecule has 0 heterocycles. The molecule has 1 rings (SSSR count). The van der Waals surface area contributed by atoms with Crippen molar-refractivity contribution in [3.05, 3.63) is 0 Å². The van der Waals surface area contributed by atoms with Crippen LogP contribution in [0.5, 0.6) is 0 Å². The smallest absolute Gasteiger partial charge is 0.00948 e. The molecule has 1 nitrogen and oxygen atoms in total. The van der Waals surface area contributed by atoms with Gasteiger partial charge in [0.05, 0.1) is 0 Å². The topological polar surface area (TPSA) is 3.24 Å². The summed E-state index contributed by atoms with van der Waals surface area (Å²) in [5.74, 6) is 0.954. The van der Waals surface area contributed by atoms with Gasteiger partial charge in [0.25, 0.3) is 0 Å². The molecule has 0 spiro atoms. The van der Waals surface area contributed by atoms with Crippen LogP contribution in [-0.4, -0.2) is 25.0 Å². The van der Waals surface area contributed by atoms with E-state index in [4.69, 9.17) is 0 Å². The Morgan fingerprint density at radius 3 is 1.82 bits per heavy atom. The monoisotopic (exact) mass is 155 g/mol. The van der Waals surface area contributed by atoms with Crippen molar-refractivity contribution in [1.29, 1.82) is 0 Å². The van der Waals surface area contributed by atoms with Gasteiger partial charge in [0.1, 0.15) is 0 Å². The molecule has 0 saturated heterocycles. The molecule has 0 unspecified atom stereocenters. The van der Waals surface area contributed by atoms with E-state index in [-0.39, 0.29) is 0 Å². The zero-order valence-electron chi connectivity index (χ0n) is 8.52. The highest BCUT2D eigenvalue weighted by Crippen LogP contribution is 2.42. The molecule has 1 saturated carbocycles. The standard InChI is InChI=1S/C10H21N/c1-10(2,3)8-6-9(7-8)11(4)5/h8-9H,6-7H2,1-5H3. The summed E-state index contributed by atoms with van der Waals surface area (Å²) in [5, 5.41) is 0. The van der Waals surface area contributed by atoms with Gasteiger partial charge in [-0.3, -0.25) is 0 Å². The third-order valence-corrected chi connectivity index (χ3v) is 3.07. The Hall–Kier alpha value is -0.0400. The molecule has 0 atom stereocenters. The normalized spacial score (nSPS) is 32.2. The van der Waals surface area contributed by atoms with E-state index in [1.165, 1.54) is 12.8 Å². The lowest BCUT2D eigenvalue weighted by atomic mass is 9.65. The Bertz CT molecular complexity index is 126. The minimum absolute atomic E-state index is 0.534. The van der Waals surface area contributed by atoms with E-state index < -0.39 is 0 Å². The van der Waals surface area contributed by atoms with E-state index >= 15 is 0 Å². The molecule has 0 aromatic rings. The van der Waals surface area contributed by atoms with Crippen LogP contribution in [0, 0.1) is 11.3 Å². The number of hydrogen-bond donors (Lipinski definition) is 0. The fraction of sp³-hybridized carbons (Fsp3) is 1.00. The largest absolute Gasteiger partial charge is 0.306 e. The van der Waals surface area contributed by atoms with Gasteiger partial charge in [0, 0.05) is 6.04 Å². The van der Waals surface area contributed by atoms with Gasteiger partial charge in [-0.1, -0.05) is 20.8 Å². The average molecular weight is 155 g/mol. The van der Waals surface area contributed by atoms with Crippen molar-refractivity contribution in [3.63, 3.8) is 0 Å². The van der Waals surface area contributed by atoms with Crippen LogP contribution < -0.4 is 0 Å². The molecule has 1 fully saturated rings. The van der Waals surface area contributed by atoms with Crippen LogP contribution in [0.1, 0.15) is 33.6 Å². The Balaban J connectivity index is 2.30. The summed E-state index contributed by atoms with van der Waals surface area (Å²) >= 11 is 0. The molecular formula is C10H21N. The Morgan fingerprint density at radius 2 is 1.55 bits per heavy atom. The number of hydrogen-bond acceptors (Lipinski definition) is 1. The molecule has 0 aromatic carbocycles. The second kappa shape index (κ2) is 2.78. The van der Waals surface area contributed by atoms with Gasteiger partial charge in [-0.25, -0.2) is 0 Å². The summed E-state index contributed by atoms with van der Waals surface area (Å²) in [4.78, 5) is 2.35. The fourth-order valence-corrected chi connectivity index (χ4v) is 1.72. The van der Waals surface area contributed by atoms with Crippen LogP contribution >= 0.6 is 0 Å². The van der Waals surface area contributed by atoms with Crippen LogP contribution in [0.25, 0.3) is 0 Å². The molecule has 0 N–H and O–H groups in total. The van der Waals surface area contributed by atoms with Crippen molar-refractivity contribution in [3.8, 4) is 0 Å². The zero-order valence-corrected chi connectivity index (χ0v) is 8.52. The maximum Gasteiger partial charge on any atom is 0.00948 e. The van der Waals surface area contributed by atoms with Crippen molar-refractivity contribution < 1.29 is 0 Å². The highest BCUT2D eigenvalue weighted by atomic mass is 15.1. The van der Waals surface area contributed by atoms with E-state index in [2.05, 4.69) is 39.8 Å². The third-order valence-electron chi connectivity index (χ3n) is 3.07. The number of nitrogens with zero attached hydrogens (tertiary/aromatic N) is 1. The first-order chi connectivity index (χ1) is 4.91. The maximum absolute atomic E-state index is 2.35. The van der Waals surface area contributed by atoms with E-state index in [0.717, 1.165) is 12.0 Å². The molecule has 0 amide bonds. The molecule has 11 heavy (non-hydrogen) atoms. The second-order valence-corrected chi connectivity index (χ2v) is 5.15.